The van der Waals surface area contributed by atoms with Gasteiger partial charge in [-0.25, -0.2) is 13.6 Å². The summed E-state index contributed by atoms with van der Waals surface area (Å²) in [6, 6.07) is 3.90. The highest BCUT2D eigenvalue weighted by atomic mass is 19.1. The lowest BCUT2D eigenvalue weighted by atomic mass is 9.75. The Kier molecular flexibility index (Phi) is 3.52. The molecular formula is C17H20F2N2O2. The molecule has 2 bridgehead atoms. The van der Waals surface area contributed by atoms with Gasteiger partial charge in [0.25, 0.3) is 0 Å². The molecule has 0 unspecified atom stereocenters. The molecule has 1 amide bonds. The fourth-order valence-electron chi connectivity index (χ4n) is 4.83. The number of nitrogens with zero attached hydrogens (tertiary/aromatic N) is 2. The molecule has 1 aromatic carbocycles. The number of halogens is 2. The van der Waals surface area contributed by atoms with Gasteiger partial charge in [0.1, 0.15) is 11.6 Å². The monoisotopic (exact) mass is 322 g/mol. The second-order valence-corrected chi connectivity index (χ2v) is 6.79. The number of hydrogen-bond donors (Lipinski definition) is 0. The van der Waals surface area contributed by atoms with E-state index in [2.05, 4.69) is 4.90 Å². The van der Waals surface area contributed by atoms with Crippen LogP contribution < -0.4 is 0 Å². The van der Waals surface area contributed by atoms with Crippen molar-refractivity contribution in [3.05, 3.63) is 35.4 Å². The summed E-state index contributed by atoms with van der Waals surface area (Å²) in [7, 11) is 1.38. The average molecular weight is 322 g/mol. The van der Waals surface area contributed by atoms with Crippen molar-refractivity contribution in [1.29, 1.82) is 0 Å². The molecule has 124 valence electrons. The van der Waals surface area contributed by atoms with Crippen LogP contribution in [-0.2, 0) is 4.74 Å². The molecule has 0 radical (unpaired) electrons. The lowest BCUT2D eigenvalue weighted by molar-refractivity contribution is -0.00490. The van der Waals surface area contributed by atoms with Gasteiger partial charge in [0.05, 0.1) is 13.2 Å². The number of amides is 1. The second kappa shape index (κ2) is 5.44. The molecule has 0 N–H and O–H groups in total. The maximum Gasteiger partial charge on any atom is 0.409 e. The first-order chi connectivity index (χ1) is 11.1. The van der Waals surface area contributed by atoms with Crippen LogP contribution in [0.2, 0.25) is 0 Å². The largest absolute Gasteiger partial charge is 0.453 e. The van der Waals surface area contributed by atoms with Gasteiger partial charge < -0.3 is 9.64 Å². The molecule has 4 aliphatic rings. The first-order valence-corrected chi connectivity index (χ1v) is 8.13. The zero-order chi connectivity index (χ0) is 16.1. The number of fused-ring (bicyclic) bond motifs is 2. The van der Waals surface area contributed by atoms with Crippen LogP contribution in [0.3, 0.4) is 0 Å². The summed E-state index contributed by atoms with van der Waals surface area (Å²) in [6.07, 6.45) is 1.80. The summed E-state index contributed by atoms with van der Waals surface area (Å²) in [6.45, 7) is 2.45. The Hall–Kier alpha value is -1.69. The molecule has 0 spiro atoms. The Morgan fingerprint density at radius 3 is 2.39 bits per heavy atom. The lowest BCUT2D eigenvalue weighted by Crippen LogP contribution is -2.60. The zero-order valence-corrected chi connectivity index (χ0v) is 13.0. The van der Waals surface area contributed by atoms with Crippen LogP contribution in [0.25, 0.3) is 0 Å². The van der Waals surface area contributed by atoms with E-state index in [1.807, 2.05) is 0 Å². The highest BCUT2D eigenvalue weighted by Crippen LogP contribution is 2.46. The SMILES string of the molecule is COC(=O)N1C[C@@H](c2cc(F)cc(F)c2)[C@@H]2[C@H]1C1CCN2CC1. The quantitative estimate of drug-likeness (QED) is 0.797. The van der Waals surface area contributed by atoms with Gasteiger partial charge >= 0.3 is 6.09 Å². The van der Waals surface area contributed by atoms with Gasteiger partial charge in [-0.2, -0.15) is 0 Å². The Labute approximate surface area is 134 Å². The van der Waals surface area contributed by atoms with E-state index in [9.17, 15) is 13.6 Å². The van der Waals surface area contributed by atoms with E-state index in [1.54, 1.807) is 4.90 Å². The lowest BCUT2D eigenvalue weighted by Gasteiger charge is -2.50. The summed E-state index contributed by atoms with van der Waals surface area (Å²) in [5, 5.41) is 0. The molecule has 6 heteroatoms. The van der Waals surface area contributed by atoms with Crippen LogP contribution in [0.1, 0.15) is 24.3 Å². The zero-order valence-electron chi connectivity index (χ0n) is 13.0. The van der Waals surface area contributed by atoms with Crippen molar-refractivity contribution in [1.82, 2.24) is 9.80 Å². The molecule has 0 saturated carbocycles. The van der Waals surface area contributed by atoms with Crippen LogP contribution in [0.4, 0.5) is 13.6 Å². The molecule has 1 aromatic rings. The molecule has 0 aromatic heterocycles. The molecule has 4 heterocycles. The van der Waals surface area contributed by atoms with Crippen molar-refractivity contribution in [2.75, 3.05) is 26.7 Å². The van der Waals surface area contributed by atoms with E-state index >= 15 is 0 Å². The first-order valence-electron chi connectivity index (χ1n) is 8.13. The number of carbonyl (C=O) groups is 1. The molecule has 4 aliphatic heterocycles. The molecule has 4 fully saturated rings. The van der Waals surface area contributed by atoms with Crippen LogP contribution in [0, 0.1) is 17.6 Å². The number of ether oxygens (including phenoxy) is 1. The van der Waals surface area contributed by atoms with E-state index < -0.39 is 11.6 Å². The van der Waals surface area contributed by atoms with Crippen LogP contribution in [0.15, 0.2) is 18.2 Å². The average Bonchev–Trinajstić information content (AvgIpc) is 2.97. The molecule has 4 saturated heterocycles. The van der Waals surface area contributed by atoms with Gasteiger partial charge in [-0.1, -0.05) is 0 Å². The highest BCUT2D eigenvalue weighted by Gasteiger charge is 2.55. The number of likely N-dealkylation sites (tertiary alicyclic amines) is 1. The van der Waals surface area contributed by atoms with Gasteiger partial charge in [0, 0.05) is 24.6 Å². The van der Waals surface area contributed by atoms with E-state index in [0.717, 1.165) is 32.0 Å². The van der Waals surface area contributed by atoms with Gasteiger partial charge in [0.15, 0.2) is 0 Å². The number of hydrogen-bond acceptors (Lipinski definition) is 3. The Bertz CT molecular complexity index is 611. The Morgan fingerprint density at radius 1 is 1.13 bits per heavy atom. The topological polar surface area (TPSA) is 32.8 Å². The fraction of sp³-hybridized carbons (Fsp3) is 0.588. The molecule has 0 aliphatic carbocycles. The molecule has 5 rings (SSSR count). The maximum atomic E-state index is 13.7. The standard InChI is InChI=1S/C17H20F2N2O2/c1-23-17(22)21-9-14(11-6-12(18)8-13(19)7-11)16-15(21)10-2-4-20(16)5-3-10/h6-8,10,14-16H,2-5,9H2,1H3/t14-,15+,16+/m0/s1. The number of carbonyl (C=O) groups excluding carboxylic acids is 1. The van der Waals surface area contributed by atoms with Crippen molar-refractivity contribution in [2.45, 2.75) is 30.8 Å². The third kappa shape index (κ3) is 2.31. The minimum absolute atomic E-state index is 0.0765. The van der Waals surface area contributed by atoms with Gasteiger partial charge in [0.2, 0.25) is 0 Å². The van der Waals surface area contributed by atoms with Crippen LogP contribution >= 0.6 is 0 Å². The van der Waals surface area contributed by atoms with Crippen molar-refractivity contribution in [2.24, 2.45) is 5.92 Å². The fourth-order valence-corrected chi connectivity index (χ4v) is 4.83. The van der Waals surface area contributed by atoms with Gasteiger partial charge in [-0.15, -0.1) is 0 Å². The van der Waals surface area contributed by atoms with Crippen LogP contribution in [-0.4, -0.2) is 54.7 Å². The Balaban J connectivity index is 1.74. The van der Waals surface area contributed by atoms with Crippen molar-refractivity contribution in [3.63, 3.8) is 0 Å². The van der Waals surface area contributed by atoms with E-state index in [0.29, 0.717) is 18.0 Å². The second-order valence-electron chi connectivity index (χ2n) is 6.79. The number of piperidine rings is 3. The van der Waals surface area contributed by atoms with E-state index in [1.165, 1.54) is 19.2 Å². The van der Waals surface area contributed by atoms with Crippen molar-refractivity contribution < 1.29 is 18.3 Å². The number of rotatable bonds is 1. The summed E-state index contributed by atoms with van der Waals surface area (Å²) in [4.78, 5) is 16.3. The smallest absolute Gasteiger partial charge is 0.409 e. The van der Waals surface area contributed by atoms with E-state index in [-0.39, 0.29) is 24.1 Å². The normalized spacial score (nSPS) is 35.3. The van der Waals surface area contributed by atoms with Crippen molar-refractivity contribution in [3.8, 4) is 0 Å². The minimum Gasteiger partial charge on any atom is -0.453 e. The molecular weight excluding hydrogens is 302 g/mol. The maximum absolute atomic E-state index is 13.7. The first kappa shape index (κ1) is 14.9. The van der Waals surface area contributed by atoms with E-state index in [4.69, 9.17) is 4.74 Å². The molecule has 4 nitrogen and oxygen atoms in total. The third-order valence-corrected chi connectivity index (χ3v) is 5.72. The Morgan fingerprint density at radius 2 is 1.78 bits per heavy atom. The number of benzene rings is 1. The van der Waals surface area contributed by atoms with Gasteiger partial charge in [-0.05, 0) is 49.5 Å². The third-order valence-electron chi connectivity index (χ3n) is 5.72. The number of methoxy groups -OCH3 is 1. The van der Waals surface area contributed by atoms with Crippen LogP contribution in [0.5, 0.6) is 0 Å². The predicted molar refractivity (Wildman–Crippen MR) is 80.1 cm³/mol. The molecule has 23 heavy (non-hydrogen) atoms. The van der Waals surface area contributed by atoms with Gasteiger partial charge in [-0.3, -0.25) is 4.90 Å². The molecule has 3 atom stereocenters. The highest BCUT2D eigenvalue weighted by molar-refractivity contribution is 5.69. The predicted octanol–water partition coefficient (Wildman–Crippen LogP) is 2.59. The summed E-state index contributed by atoms with van der Waals surface area (Å²) in [5.41, 5.74) is 0.636. The summed E-state index contributed by atoms with van der Waals surface area (Å²) < 4.78 is 32.3. The summed E-state index contributed by atoms with van der Waals surface area (Å²) >= 11 is 0. The van der Waals surface area contributed by atoms with Crippen molar-refractivity contribution >= 4 is 6.09 Å². The summed E-state index contributed by atoms with van der Waals surface area (Å²) in [5.74, 6) is -0.757. The minimum atomic E-state index is -0.566.